The van der Waals surface area contributed by atoms with Crippen LogP contribution in [0.4, 0.5) is 5.69 Å². The number of hydrogen-bond donors (Lipinski definition) is 0. The summed E-state index contributed by atoms with van der Waals surface area (Å²) < 4.78 is 0. The summed E-state index contributed by atoms with van der Waals surface area (Å²) in [5.41, 5.74) is 7.01. The Hall–Kier alpha value is -3.46. The van der Waals surface area contributed by atoms with Gasteiger partial charge in [0.25, 0.3) is 5.91 Å². The van der Waals surface area contributed by atoms with Gasteiger partial charge in [-0.1, -0.05) is 79.7 Å². The van der Waals surface area contributed by atoms with Gasteiger partial charge in [-0.2, -0.15) is 0 Å². The van der Waals surface area contributed by atoms with Gasteiger partial charge in [0.05, 0.1) is 0 Å². The number of carbonyl (C=O) groups is 2. The van der Waals surface area contributed by atoms with Crippen LogP contribution in [0.3, 0.4) is 0 Å². The topological polar surface area (TPSA) is 37.4 Å². The molecule has 156 valence electrons. The first-order valence-electron chi connectivity index (χ1n) is 10.8. The summed E-state index contributed by atoms with van der Waals surface area (Å²) >= 11 is 0. The number of rotatable bonds is 6. The van der Waals surface area contributed by atoms with Crippen LogP contribution in [-0.4, -0.2) is 18.7 Å². The molecule has 1 aliphatic heterocycles. The van der Waals surface area contributed by atoms with Crippen molar-refractivity contribution in [1.82, 2.24) is 0 Å². The van der Waals surface area contributed by atoms with Crippen LogP contribution >= 0.6 is 0 Å². The number of amides is 1. The SMILES string of the molecule is CCC(=O)c1ccc(/C(CCc2ccccc2)=C2\Cc3ccccc3N(C)C2=O)cc1. The van der Waals surface area contributed by atoms with Gasteiger partial charge < -0.3 is 4.90 Å². The third-order valence-electron chi connectivity index (χ3n) is 6.03. The first kappa shape index (κ1) is 20.8. The minimum Gasteiger partial charge on any atom is -0.311 e. The molecular weight excluding hydrogens is 382 g/mol. The number of carbonyl (C=O) groups excluding carboxylic acids is 2. The van der Waals surface area contributed by atoms with Gasteiger partial charge >= 0.3 is 0 Å². The van der Waals surface area contributed by atoms with Crippen LogP contribution in [0.5, 0.6) is 0 Å². The highest BCUT2D eigenvalue weighted by atomic mass is 16.2. The Labute approximate surface area is 184 Å². The minimum atomic E-state index is 0.0514. The van der Waals surface area contributed by atoms with Crippen molar-refractivity contribution in [3.8, 4) is 0 Å². The standard InChI is InChI=1S/C28H27NO2/c1-3-27(30)22-16-14-21(15-17-22)24(18-13-20-9-5-4-6-10-20)25-19-23-11-7-8-12-26(23)29(2)28(25)31/h4-12,14-17H,3,13,18-19H2,1-2H3/b25-24+. The van der Waals surface area contributed by atoms with Crippen LogP contribution in [0.2, 0.25) is 0 Å². The molecule has 0 radical (unpaired) electrons. The second-order valence-corrected chi connectivity index (χ2v) is 7.97. The fourth-order valence-corrected chi connectivity index (χ4v) is 4.25. The number of benzene rings is 3. The predicted octanol–water partition coefficient (Wildman–Crippen LogP) is 5.88. The lowest BCUT2D eigenvalue weighted by molar-refractivity contribution is -0.115. The van der Waals surface area contributed by atoms with Crippen LogP contribution in [0.25, 0.3) is 5.57 Å². The summed E-state index contributed by atoms with van der Waals surface area (Å²) in [4.78, 5) is 27.2. The number of hydrogen-bond acceptors (Lipinski definition) is 2. The van der Waals surface area contributed by atoms with Gasteiger partial charge in [-0.05, 0) is 41.2 Å². The van der Waals surface area contributed by atoms with Crippen LogP contribution in [0, 0.1) is 0 Å². The minimum absolute atomic E-state index is 0.0514. The molecule has 1 amide bonds. The molecule has 3 aromatic carbocycles. The first-order chi connectivity index (χ1) is 15.1. The molecule has 4 rings (SSSR count). The Morgan fingerprint density at radius 2 is 1.52 bits per heavy atom. The Balaban J connectivity index is 1.76. The zero-order chi connectivity index (χ0) is 21.8. The molecule has 0 N–H and O–H groups in total. The largest absolute Gasteiger partial charge is 0.311 e. The monoisotopic (exact) mass is 409 g/mol. The summed E-state index contributed by atoms with van der Waals surface area (Å²) in [7, 11) is 1.85. The highest BCUT2D eigenvalue weighted by molar-refractivity contribution is 6.12. The third-order valence-corrected chi connectivity index (χ3v) is 6.03. The van der Waals surface area contributed by atoms with E-state index >= 15 is 0 Å². The van der Waals surface area contributed by atoms with Crippen LogP contribution in [-0.2, 0) is 17.6 Å². The molecule has 3 aromatic rings. The van der Waals surface area contributed by atoms with E-state index in [2.05, 4.69) is 18.2 Å². The fraction of sp³-hybridized carbons (Fsp3) is 0.214. The molecule has 3 nitrogen and oxygen atoms in total. The normalized spacial score (nSPS) is 14.9. The molecule has 1 aliphatic rings. The van der Waals surface area contributed by atoms with E-state index in [4.69, 9.17) is 0 Å². The zero-order valence-electron chi connectivity index (χ0n) is 18.1. The van der Waals surface area contributed by atoms with Crippen LogP contribution < -0.4 is 4.90 Å². The molecule has 0 saturated heterocycles. The number of Topliss-reactive ketones (excluding diaryl/α,β-unsaturated/α-hetero) is 1. The van der Waals surface area contributed by atoms with Gasteiger partial charge in [-0.25, -0.2) is 0 Å². The van der Waals surface area contributed by atoms with Crippen LogP contribution in [0.15, 0.2) is 84.4 Å². The molecule has 31 heavy (non-hydrogen) atoms. The smallest absolute Gasteiger partial charge is 0.254 e. The molecule has 1 heterocycles. The zero-order valence-corrected chi connectivity index (χ0v) is 18.1. The van der Waals surface area contributed by atoms with Gasteiger partial charge in [0.2, 0.25) is 0 Å². The maximum atomic E-state index is 13.3. The lowest BCUT2D eigenvalue weighted by atomic mass is 9.87. The van der Waals surface area contributed by atoms with E-state index < -0.39 is 0 Å². The highest BCUT2D eigenvalue weighted by Gasteiger charge is 2.28. The van der Waals surface area contributed by atoms with E-state index in [9.17, 15) is 9.59 Å². The van der Waals surface area contributed by atoms with Crippen molar-refractivity contribution in [1.29, 1.82) is 0 Å². The summed E-state index contributed by atoms with van der Waals surface area (Å²) in [6, 6.07) is 26.2. The molecule has 0 atom stereocenters. The number of likely N-dealkylation sites (N-methyl/N-ethyl adjacent to an activating group) is 1. The van der Waals surface area contributed by atoms with Crippen LogP contribution in [0.1, 0.15) is 46.8 Å². The Morgan fingerprint density at radius 3 is 2.23 bits per heavy atom. The lowest BCUT2D eigenvalue weighted by Gasteiger charge is -2.29. The van der Waals surface area contributed by atoms with Gasteiger partial charge in [0.15, 0.2) is 5.78 Å². The van der Waals surface area contributed by atoms with E-state index in [-0.39, 0.29) is 11.7 Å². The van der Waals surface area contributed by atoms with E-state index in [0.29, 0.717) is 12.8 Å². The van der Waals surface area contributed by atoms with E-state index in [1.807, 2.05) is 74.6 Å². The Kier molecular flexibility index (Phi) is 6.13. The lowest BCUT2D eigenvalue weighted by Crippen LogP contribution is -2.34. The van der Waals surface area contributed by atoms with Gasteiger partial charge in [0, 0.05) is 36.7 Å². The number of fused-ring (bicyclic) bond motifs is 1. The molecule has 0 aromatic heterocycles. The second-order valence-electron chi connectivity index (χ2n) is 7.97. The summed E-state index contributed by atoms with van der Waals surface area (Å²) in [6.45, 7) is 1.87. The molecule has 0 unspecified atom stereocenters. The van der Waals surface area contributed by atoms with E-state index in [1.165, 1.54) is 5.56 Å². The Morgan fingerprint density at radius 1 is 0.871 bits per heavy atom. The molecule has 3 heteroatoms. The summed E-state index contributed by atoms with van der Waals surface area (Å²) in [6.07, 6.45) is 2.73. The van der Waals surface area contributed by atoms with Crippen molar-refractivity contribution in [3.63, 3.8) is 0 Å². The van der Waals surface area contributed by atoms with E-state index in [0.717, 1.165) is 46.4 Å². The number of aryl methyl sites for hydroxylation is 1. The van der Waals surface area contributed by atoms with Gasteiger partial charge in [-0.3, -0.25) is 9.59 Å². The van der Waals surface area contributed by atoms with Crippen molar-refractivity contribution in [2.24, 2.45) is 0 Å². The average molecular weight is 410 g/mol. The number of nitrogens with zero attached hydrogens (tertiary/aromatic N) is 1. The molecule has 0 fully saturated rings. The quantitative estimate of drug-likeness (QED) is 0.376. The first-order valence-corrected chi connectivity index (χ1v) is 10.8. The molecule has 0 spiro atoms. The van der Waals surface area contributed by atoms with Crippen molar-refractivity contribution in [2.45, 2.75) is 32.6 Å². The molecule has 0 aliphatic carbocycles. The molecule has 0 bridgehead atoms. The van der Waals surface area contributed by atoms with Crippen molar-refractivity contribution < 1.29 is 9.59 Å². The molecular formula is C28H27NO2. The summed E-state index contributed by atoms with van der Waals surface area (Å²) in [5.74, 6) is 0.183. The summed E-state index contributed by atoms with van der Waals surface area (Å²) in [5, 5.41) is 0. The van der Waals surface area contributed by atoms with Crippen molar-refractivity contribution in [2.75, 3.05) is 11.9 Å². The van der Waals surface area contributed by atoms with Crippen molar-refractivity contribution in [3.05, 3.63) is 107 Å². The van der Waals surface area contributed by atoms with E-state index in [1.54, 1.807) is 4.90 Å². The number of allylic oxidation sites excluding steroid dienone is 1. The number of para-hydroxylation sites is 1. The Bertz CT molecular complexity index is 1130. The highest BCUT2D eigenvalue weighted by Crippen LogP contribution is 2.35. The predicted molar refractivity (Wildman–Crippen MR) is 126 cm³/mol. The number of anilines is 1. The average Bonchev–Trinajstić information content (AvgIpc) is 2.82. The second kappa shape index (κ2) is 9.13. The van der Waals surface area contributed by atoms with Gasteiger partial charge in [-0.15, -0.1) is 0 Å². The molecule has 0 saturated carbocycles. The maximum absolute atomic E-state index is 13.3. The van der Waals surface area contributed by atoms with Gasteiger partial charge in [0.1, 0.15) is 0 Å². The maximum Gasteiger partial charge on any atom is 0.254 e. The fourth-order valence-electron chi connectivity index (χ4n) is 4.25. The van der Waals surface area contributed by atoms with Crippen molar-refractivity contribution >= 4 is 23.0 Å². The number of ketones is 1. The third kappa shape index (κ3) is 4.36.